The molecule has 0 saturated heterocycles. The van der Waals surface area contributed by atoms with Gasteiger partial charge in [0.25, 0.3) is 0 Å². The summed E-state index contributed by atoms with van der Waals surface area (Å²) in [6.45, 7) is 0. The lowest BCUT2D eigenvalue weighted by molar-refractivity contribution is 0.104. The Morgan fingerprint density at radius 2 is 2.00 bits per heavy atom. The molecular weight excluding hydrogens is 348 g/mol. The highest BCUT2D eigenvalue weighted by atomic mass is 79.9. The normalized spacial score (nSPS) is 10.4. The molecule has 2 aromatic heterocycles. The van der Waals surface area contributed by atoms with Crippen LogP contribution in [-0.4, -0.2) is 5.78 Å². The number of rotatable bonds is 2. The van der Waals surface area contributed by atoms with E-state index in [1.54, 1.807) is 0 Å². The third kappa shape index (κ3) is 1.86. The van der Waals surface area contributed by atoms with Gasteiger partial charge in [0.15, 0.2) is 0 Å². The number of halogens is 2. The first-order valence-electron chi connectivity index (χ1n) is 3.69. The lowest BCUT2D eigenvalue weighted by Gasteiger charge is -1.96. The van der Waals surface area contributed by atoms with Gasteiger partial charge in [-0.25, -0.2) is 0 Å². The standard InChI is InChI=1S/C9H4Br2OS2/c10-6-1-2-14-9(6)8(12)5-3-13-4-7(5)11/h1-4H. The van der Waals surface area contributed by atoms with Crippen LogP contribution in [0.25, 0.3) is 0 Å². The first-order chi connectivity index (χ1) is 6.70. The highest BCUT2D eigenvalue weighted by molar-refractivity contribution is 9.11. The van der Waals surface area contributed by atoms with Crippen LogP contribution in [0, 0.1) is 0 Å². The van der Waals surface area contributed by atoms with E-state index in [0.29, 0.717) is 0 Å². The molecule has 0 radical (unpaired) electrons. The fourth-order valence-electron chi connectivity index (χ4n) is 1.02. The number of carbonyl (C=O) groups excluding carboxylic acids is 1. The molecule has 2 heterocycles. The molecule has 0 N–H and O–H groups in total. The smallest absolute Gasteiger partial charge is 0.206 e. The summed E-state index contributed by atoms with van der Waals surface area (Å²) in [5, 5.41) is 5.67. The van der Waals surface area contributed by atoms with Crippen LogP contribution in [0.2, 0.25) is 0 Å². The van der Waals surface area contributed by atoms with Gasteiger partial charge in [0.05, 0.1) is 4.88 Å². The molecule has 0 spiro atoms. The summed E-state index contributed by atoms with van der Waals surface area (Å²) in [6, 6.07) is 1.89. The van der Waals surface area contributed by atoms with E-state index in [9.17, 15) is 4.79 Å². The Hall–Kier alpha value is 0.0300. The number of carbonyl (C=O) groups is 1. The molecule has 0 bridgehead atoms. The van der Waals surface area contributed by atoms with Crippen molar-refractivity contribution in [2.24, 2.45) is 0 Å². The Balaban J connectivity index is 2.44. The average Bonchev–Trinajstić information content (AvgIpc) is 2.73. The molecule has 2 rings (SSSR count). The van der Waals surface area contributed by atoms with Gasteiger partial charge in [0.2, 0.25) is 5.78 Å². The van der Waals surface area contributed by atoms with Gasteiger partial charge in [-0.3, -0.25) is 4.79 Å². The van der Waals surface area contributed by atoms with E-state index >= 15 is 0 Å². The van der Waals surface area contributed by atoms with Gasteiger partial charge < -0.3 is 0 Å². The number of thiophene rings is 2. The summed E-state index contributed by atoms with van der Waals surface area (Å²) in [7, 11) is 0. The molecule has 0 atom stereocenters. The zero-order valence-electron chi connectivity index (χ0n) is 6.79. The van der Waals surface area contributed by atoms with Crippen molar-refractivity contribution in [1.82, 2.24) is 0 Å². The minimum Gasteiger partial charge on any atom is -0.288 e. The molecular formula is C9H4Br2OS2. The van der Waals surface area contributed by atoms with Crippen molar-refractivity contribution in [1.29, 1.82) is 0 Å². The van der Waals surface area contributed by atoms with Crippen LogP contribution in [0.4, 0.5) is 0 Å². The summed E-state index contributed by atoms with van der Waals surface area (Å²) in [6.07, 6.45) is 0. The van der Waals surface area contributed by atoms with Crippen molar-refractivity contribution in [2.75, 3.05) is 0 Å². The minimum atomic E-state index is 0.0694. The molecule has 72 valence electrons. The van der Waals surface area contributed by atoms with E-state index < -0.39 is 0 Å². The highest BCUT2D eigenvalue weighted by Crippen LogP contribution is 2.29. The SMILES string of the molecule is O=C(c1cscc1Br)c1sccc1Br. The maximum Gasteiger partial charge on any atom is 0.206 e. The molecule has 0 amide bonds. The summed E-state index contributed by atoms with van der Waals surface area (Å²) >= 11 is 9.68. The Bertz CT molecular complexity index is 430. The molecule has 2 aromatic rings. The van der Waals surface area contributed by atoms with E-state index in [-0.39, 0.29) is 5.78 Å². The summed E-state index contributed by atoms with van der Waals surface area (Å²) < 4.78 is 1.73. The zero-order valence-corrected chi connectivity index (χ0v) is 11.6. The molecule has 0 fully saturated rings. The van der Waals surface area contributed by atoms with Gasteiger partial charge >= 0.3 is 0 Å². The Kier molecular flexibility index (Phi) is 3.21. The van der Waals surface area contributed by atoms with Crippen molar-refractivity contribution in [3.63, 3.8) is 0 Å². The van der Waals surface area contributed by atoms with Crippen LogP contribution in [0.5, 0.6) is 0 Å². The minimum absolute atomic E-state index is 0.0694. The Morgan fingerprint density at radius 3 is 2.50 bits per heavy atom. The van der Waals surface area contributed by atoms with Gasteiger partial charge in [-0.15, -0.1) is 11.3 Å². The quantitative estimate of drug-likeness (QED) is 0.724. The topological polar surface area (TPSA) is 17.1 Å². The van der Waals surface area contributed by atoms with E-state index in [1.807, 2.05) is 22.2 Å². The molecule has 0 aliphatic carbocycles. The largest absolute Gasteiger partial charge is 0.288 e. The van der Waals surface area contributed by atoms with Crippen molar-refractivity contribution in [2.45, 2.75) is 0 Å². The second-order valence-electron chi connectivity index (χ2n) is 2.56. The maximum atomic E-state index is 12.0. The highest BCUT2D eigenvalue weighted by Gasteiger charge is 2.16. The number of hydrogen-bond acceptors (Lipinski definition) is 3. The van der Waals surface area contributed by atoms with Crippen molar-refractivity contribution in [3.8, 4) is 0 Å². The molecule has 0 saturated carbocycles. The average molecular weight is 352 g/mol. The van der Waals surface area contributed by atoms with Crippen molar-refractivity contribution in [3.05, 3.63) is 41.6 Å². The van der Waals surface area contributed by atoms with Crippen LogP contribution in [0.3, 0.4) is 0 Å². The molecule has 0 unspecified atom stereocenters. The van der Waals surface area contributed by atoms with E-state index in [1.165, 1.54) is 22.7 Å². The molecule has 5 heteroatoms. The monoisotopic (exact) mass is 350 g/mol. The van der Waals surface area contributed by atoms with Gasteiger partial charge in [0, 0.05) is 25.3 Å². The summed E-state index contributed by atoms with van der Waals surface area (Å²) in [5.41, 5.74) is 0.734. The van der Waals surface area contributed by atoms with Gasteiger partial charge in [0.1, 0.15) is 0 Å². The van der Waals surface area contributed by atoms with Gasteiger partial charge in [-0.05, 0) is 43.3 Å². The fraction of sp³-hybridized carbons (Fsp3) is 0. The predicted octanol–water partition coefficient (Wildman–Crippen LogP) is 4.57. The maximum absolute atomic E-state index is 12.0. The zero-order chi connectivity index (χ0) is 10.1. The van der Waals surface area contributed by atoms with Crippen LogP contribution >= 0.6 is 54.5 Å². The fourth-order valence-corrected chi connectivity index (χ4v) is 3.98. The third-order valence-corrected chi connectivity index (χ3v) is 5.22. The number of ketones is 1. The molecule has 14 heavy (non-hydrogen) atoms. The molecule has 0 aromatic carbocycles. The van der Waals surface area contributed by atoms with Crippen molar-refractivity contribution >= 4 is 60.3 Å². The van der Waals surface area contributed by atoms with Gasteiger partial charge in [-0.2, -0.15) is 11.3 Å². The Labute approximate surface area is 106 Å². The van der Waals surface area contributed by atoms with Gasteiger partial charge in [-0.1, -0.05) is 0 Å². The number of hydrogen-bond donors (Lipinski definition) is 0. The van der Waals surface area contributed by atoms with E-state index in [2.05, 4.69) is 31.9 Å². The van der Waals surface area contributed by atoms with E-state index in [0.717, 1.165) is 19.4 Å². The van der Waals surface area contributed by atoms with Crippen LogP contribution in [0.1, 0.15) is 15.2 Å². The Morgan fingerprint density at radius 1 is 1.21 bits per heavy atom. The second-order valence-corrected chi connectivity index (χ2v) is 5.93. The van der Waals surface area contributed by atoms with Crippen LogP contribution < -0.4 is 0 Å². The van der Waals surface area contributed by atoms with Crippen molar-refractivity contribution < 1.29 is 4.79 Å². The molecule has 1 nitrogen and oxygen atoms in total. The predicted molar refractivity (Wildman–Crippen MR) is 67.5 cm³/mol. The summed E-state index contributed by atoms with van der Waals surface area (Å²) in [4.78, 5) is 12.7. The van der Waals surface area contributed by atoms with Crippen LogP contribution in [0.15, 0.2) is 31.2 Å². The molecule has 0 aliphatic heterocycles. The second kappa shape index (κ2) is 4.26. The molecule has 0 aliphatic rings. The lowest BCUT2D eigenvalue weighted by Crippen LogP contribution is -1.97. The first kappa shape index (κ1) is 10.5. The van der Waals surface area contributed by atoms with E-state index in [4.69, 9.17) is 0 Å². The third-order valence-electron chi connectivity index (χ3n) is 1.68. The lowest BCUT2D eigenvalue weighted by atomic mass is 10.2. The summed E-state index contributed by atoms with van der Waals surface area (Å²) in [5.74, 6) is 0.0694. The van der Waals surface area contributed by atoms with Crippen LogP contribution in [-0.2, 0) is 0 Å². The first-order valence-corrected chi connectivity index (χ1v) is 7.10.